The van der Waals surface area contributed by atoms with E-state index in [1.165, 1.54) is 0 Å². The minimum Gasteiger partial charge on any atom is -0.477 e. The second-order valence-electron chi connectivity index (χ2n) is 4.25. The summed E-state index contributed by atoms with van der Waals surface area (Å²) in [6, 6.07) is 0. The van der Waals surface area contributed by atoms with Crippen LogP contribution >= 0.6 is 0 Å². The predicted octanol–water partition coefficient (Wildman–Crippen LogP) is 5.47. The van der Waals surface area contributed by atoms with Crippen molar-refractivity contribution in [3.8, 4) is 0 Å². The Morgan fingerprint density at radius 2 is 0.741 bits per heavy atom. The van der Waals surface area contributed by atoms with Gasteiger partial charge in [-0.15, -0.1) is 0 Å². The van der Waals surface area contributed by atoms with Crippen molar-refractivity contribution in [1.82, 2.24) is 0 Å². The van der Waals surface area contributed by atoms with Gasteiger partial charge in [0.2, 0.25) is 0 Å². The standard InChI is InChI=1S/C8HF15O2.C2H6/c9-2(10,1(24)25)3(11,12)4(13,14)5(15,16)6(17,18)7(19,20)8(21,22)23;1-2/h(H,24,25);1-2H3. The van der Waals surface area contributed by atoms with E-state index >= 15 is 0 Å². The van der Waals surface area contributed by atoms with E-state index in [-0.39, 0.29) is 0 Å². The summed E-state index contributed by atoms with van der Waals surface area (Å²) >= 11 is 0. The Balaban J connectivity index is 0. The third-order valence-electron chi connectivity index (χ3n) is 2.60. The number of hydrogen-bond acceptors (Lipinski definition) is 1. The van der Waals surface area contributed by atoms with E-state index in [2.05, 4.69) is 0 Å². The summed E-state index contributed by atoms with van der Waals surface area (Å²) in [5.74, 6) is -52.8. The average Bonchev–Trinajstić information content (AvgIpc) is 2.46. The first-order valence-corrected chi connectivity index (χ1v) is 6.01. The first kappa shape index (κ1) is 27.6. The van der Waals surface area contributed by atoms with Crippen molar-refractivity contribution in [2.24, 2.45) is 0 Å². The van der Waals surface area contributed by atoms with Crippen LogP contribution in [0, 0.1) is 0 Å². The van der Waals surface area contributed by atoms with Crippen LogP contribution in [0.5, 0.6) is 0 Å². The highest BCUT2D eigenvalue weighted by molar-refractivity contribution is 5.77. The van der Waals surface area contributed by atoms with Crippen LogP contribution in [0.2, 0.25) is 0 Å². The first-order valence-electron chi connectivity index (χ1n) is 6.01. The molecule has 0 atom stereocenters. The fourth-order valence-electron chi connectivity index (χ4n) is 1.10. The van der Waals surface area contributed by atoms with Crippen LogP contribution in [-0.4, -0.2) is 52.8 Å². The zero-order valence-electron chi connectivity index (χ0n) is 12.5. The molecule has 1 N–H and O–H groups in total. The summed E-state index contributed by atoms with van der Waals surface area (Å²) in [6.07, 6.45) is -7.69. The van der Waals surface area contributed by atoms with Gasteiger partial charge in [0.05, 0.1) is 0 Å². The van der Waals surface area contributed by atoms with Gasteiger partial charge >= 0.3 is 47.7 Å². The van der Waals surface area contributed by atoms with E-state index in [9.17, 15) is 70.7 Å². The van der Waals surface area contributed by atoms with Crippen LogP contribution in [-0.2, 0) is 4.79 Å². The Morgan fingerprint density at radius 1 is 0.519 bits per heavy atom. The topological polar surface area (TPSA) is 37.3 Å². The number of rotatable bonds is 6. The van der Waals surface area contributed by atoms with Crippen LogP contribution in [0.4, 0.5) is 65.9 Å². The number of carbonyl (C=O) groups is 1. The van der Waals surface area contributed by atoms with Crippen LogP contribution in [0.1, 0.15) is 13.8 Å². The molecule has 0 aliphatic heterocycles. The molecule has 0 aromatic heterocycles. The molecule has 0 aliphatic carbocycles. The van der Waals surface area contributed by atoms with Crippen LogP contribution in [0.3, 0.4) is 0 Å². The highest BCUT2D eigenvalue weighted by Gasteiger charge is 2.94. The van der Waals surface area contributed by atoms with Gasteiger partial charge in [-0.2, -0.15) is 65.9 Å². The molecule has 0 spiro atoms. The summed E-state index contributed by atoms with van der Waals surface area (Å²) in [6.45, 7) is 4.00. The molecule has 0 bridgehead atoms. The molecule has 0 aromatic rings. The summed E-state index contributed by atoms with van der Waals surface area (Å²) in [7, 11) is 0. The zero-order chi connectivity index (χ0) is 23.1. The van der Waals surface area contributed by atoms with E-state index in [4.69, 9.17) is 5.11 Å². The summed E-state index contributed by atoms with van der Waals surface area (Å²) in [5.41, 5.74) is 0. The fourth-order valence-corrected chi connectivity index (χ4v) is 1.10. The van der Waals surface area contributed by atoms with Crippen LogP contribution in [0.15, 0.2) is 0 Å². The molecule has 0 heterocycles. The molecule has 0 amide bonds. The Labute approximate surface area is 138 Å². The van der Waals surface area contributed by atoms with E-state index in [0.717, 1.165) is 0 Å². The molecule has 0 aromatic carbocycles. The maximum Gasteiger partial charge on any atom is 0.460 e. The molecule has 0 fully saturated rings. The summed E-state index contributed by atoms with van der Waals surface area (Å²) < 4.78 is 187. The molecule has 27 heavy (non-hydrogen) atoms. The number of carboxylic acid groups (broad SMARTS) is 1. The van der Waals surface area contributed by atoms with Gasteiger partial charge < -0.3 is 5.11 Å². The molecule has 164 valence electrons. The lowest BCUT2D eigenvalue weighted by atomic mass is 9.91. The minimum absolute atomic E-state index is 2.00. The zero-order valence-corrected chi connectivity index (χ0v) is 12.5. The lowest BCUT2D eigenvalue weighted by molar-refractivity contribution is -0.450. The molecule has 0 saturated carbocycles. The molecule has 0 saturated heterocycles. The summed E-state index contributed by atoms with van der Waals surface area (Å²) in [5, 5.41) is 7.57. The Morgan fingerprint density at radius 3 is 0.963 bits per heavy atom. The minimum atomic E-state index is -8.47. The van der Waals surface area contributed by atoms with E-state index in [1.807, 2.05) is 13.8 Å². The molecular weight excluding hydrogens is 437 g/mol. The number of aliphatic carboxylic acids is 1. The molecule has 0 unspecified atom stereocenters. The highest BCUT2D eigenvalue weighted by atomic mass is 19.4. The Kier molecular flexibility index (Phi) is 7.27. The van der Waals surface area contributed by atoms with Gasteiger partial charge in [-0.1, -0.05) is 13.8 Å². The maximum atomic E-state index is 12.8. The molecule has 0 aliphatic rings. The van der Waals surface area contributed by atoms with Crippen molar-refractivity contribution in [2.75, 3.05) is 0 Å². The van der Waals surface area contributed by atoms with Crippen molar-refractivity contribution in [2.45, 2.75) is 55.6 Å². The lowest BCUT2D eigenvalue weighted by Crippen LogP contribution is -2.73. The van der Waals surface area contributed by atoms with Crippen molar-refractivity contribution in [3.63, 3.8) is 0 Å². The molecule has 0 rings (SSSR count). The normalized spacial score (nSPS) is 15.1. The third kappa shape index (κ3) is 3.60. The smallest absolute Gasteiger partial charge is 0.460 e. The second-order valence-corrected chi connectivity index (χ2v) is 4.25. The van der Waals surface area contributed by atoms with Crippen molar-refractivity contribution >= 4 is 5.97 Å². The average molecular weight is 444 g/mol. The fraction of sp³-hybridized carbons (Fsp3) is 0.900. The molecular formula is C10H7F15O2. The first-order chi connectivity index (χ1) is 11.4. The molecule has 2 nitrogen and oxygen atoms in total. The maximum absolute atomic E-state index is 12.8. The van der Waals surface area contributed by atoms with Gasteiger partial charge in [0.1, 0.15) is 0 Å². The number of halogens is 15. The van der Waals surface area contributed by atoms with Gasteiger partial charge in [-0.05, 0) is 0 Å². The van der Waals surface area contributed by atoms with Crippen molar-refractivity contribution < 1.29 is 75.8 Å². The SMILES string of the molecule is CC.O=C(O)C(F)(F)C(F)(F)C(F)(F)C(F)(F)C(F)(F)C(F)(F)C(F)(F)F. The predicted molar refractivity (Wildman–Crippen MR) is 54.7 cm³/mol. The quantitative estimate of drug-likeness (QED) is 0.552. The number of alkyl halides is 15. The summed E-state index contributed by atoms with van der Waals surface area (Å²) in [4.78, 5) is 9.72. The van der Waals surface area contributed by atoms with Gasteiger partial charge in [-0.25, -0.2) is 4.79 Å². The van der Waals surface area contributed by atoms with Crippen molar-refractivity contribution in [1.29, 1.82) is 0 Å². The largest absolute Gasteiger partial charge is 0.477 e. The van der Waals surface area contributed by atoms with E-state index in [1.54, 1.807) is 0 Å². The van der Waals surface area contributed by atoms with Gasteiger partial charge in [0.15, 0.2) is 0 Å². The lowest BCUT2D eigenvalue weighted by Gasteiger charge is -2.40. The van der Waals surface area contributed by atoms with Crippen molar-refractivity contribution in [3.05, 3.63) is 0 Å². The van der Waals surface area contributed by atoms with E-state index < -0.39 is 47.7 Å². The monoisotopic (exact) mass is 444 g/mol. The molecule has 0 radical (unpaired) electrons. The Bertz CT molecular complexity index is 533. The van der Waals surface area contributed by atoms with Gasteiger partial charge in [-0.3, -0.25) is 0 Å². The van der Waals surface area contributed by atoms with Crippen LogP contribution < -0.4 is 0 Å². The Hall–Kier alpha value is -1.58. The number of hydrogen-bond donors (Lipinski definition) is 1. The van der Waals surface area contributed by atoms with Gasteiger partial charge in [0, 0.05) is 0 Å². The van der Waals surface area contributed by atoms with E-state index in [0.29, 0.717) is 0 Å². The third-order valence-corrected chi connectivity index (χ3v) is 2.60. The second kappa shape index (κ2) is 7.10. The van der Waals surface area contributed by atoms with Gasteiger partial charge in [0.25, 0.3) is 0 Å². The number of carboxylic acids is 1. The molecule has 17 heteroatoms. The van der Waals surface area contributed by atoms with Crippen LogP contribution in [0.25, 0.3) is 0 Å². The highest BCUT2D eigenvalue weighted by Crippen LogP contribution is 2.62.